The van der Waals surface area contributed by atoms with Gasteiger partial charge in [-0.3, -0.25) is 14.6 Å². The third-order valence-corrected chi connectivity index (χ3v) is 7.03. The zero-order valence-electron chi connectivity index (χ0n) is 22.0. The van der Waals surface area contributed by atoms with Crippen molar-refractivity contribution >= 4 is 22.7 Å². The first-order chi connectivity index (χ1) is 20.0. The van der Waals surface area contributed by atoms with Crippen LogP contribution in [-0.4, -0.2) is 37.0 Å². The van der Waals surface area contributed by atoms with Crippen LogP contribution >= 0.6 is 0 Å². The van der Waals surface area contributed by atoms with Crippen LogP contribution in [0.2, 0.25) is 0 Å². The predicted molar refractivity (Wildman–Crippen MR) is 142 cm³/mol. The molecule has 6 rings (SSSR count). The summed E-state index contributed by atoms with van der Waals surface area (Å²) >= 11 is 0. The molecule has 214 valence electrons. The Morgan fingerprint density at radius 1 is 1.05 bits per heavy atom. The van der Waals surface area contributed by atoms with Crippen LogP contribution in [0.3, 0.4) is 0 Å². The minimum Gasteiger partial charge on any atom is -0.350 e. The summed E-state index contributed by atoms with van der Waals surface area (Å²) in [6.07, 6.45) is -2.28. The van der Waals surface area contributed by atoms with Crippen molar-refractivity contribution < 1.29 is 31.7 Å². The Hall–Kier alpha value is -5.07. The fourth-order valence-corrected chi connectivity index (χ4v) is 4.69. The Bertz CT molecular complexity index is 1820. The van der Waals surface area contributed by atoms with E-state index in [2.05, 4.69) is 25.8 Å². The van der Waals surface area contributed by atoms with Crippen LogP contribution in [0.5, 0.6) is 0 Å². The fraction of sp³-hybridized carbons (Fsp3) is 0.207. The zero-order chi connectivity index (χ0) is 29.6. The van der Waals surface area contributed by atoms with E-state index in [4.69, 9.17) is 4.52 Å². The third-order valence-electron chi connectivity index (χ3n) is 7.03. The van der Waals surface area contributed by atoms with Crippen molar-refractivity contribution in [2.75, 3.05) is 0 Å². The van der Waals surface area contributed by atoms with Crippen LogP contribution in [-0.2, 0) is 17.5 Å². The van der Waals surface area contributed by atoms with Crippen molar-refractivity contribution in [3.63, 3.8) is 0 Å². The highest BCUT2D eigenvalue weighted by Gasteiger charge is 2.51. The number of alkyl halides is 3. The number of pyridine rings is 1. The Morgan fingerprint density at radius 2 is 1.81 bits per heavy atom. The summed E-state index contributed by atoms with van der Waals surface area (Å²) in [7, 11) is 0. The monoisotopic (exact) mass is 578 g/mol. The van der Waals surface area contributed by atoms with Crippen LogP contribution in [0.15, 0.2) is 71.5 Å². The SMILES string of the molecule is Cc1nc(-c2cc3cc(F)ccc3n2-c2ccc(CNC(=O)C3(NC(=O)c4cncc(C(F)(F)F)c4)CC3)cc2)no1. The van der Waals surface area contributed by atoms with Gasteiger partial charge in [0, 0.05) is 36.9 Å². The number of amides is 2. The highest BCUT2D eigenvalue weighted by atomic mass is 19.4. The summed E-state index contributed by atoms with van der Waals surface area (Å²) in [5.41, 5.74) is 0.318. The Labute approximate surface area is 235 Å². The number of carbonyl (C=O) groups excluding carboxylic acids is 2. The highest BCUT2D eigenvalue weighted by Crippen LogP contribution is 2.36. The molecule has 1 aliphatic rings. The van der Waals surface area contributed by atoms with Crippen molar-refractivity contribution in [3.8, 4) is 17.2 Å². The van der Waals surface area contributed by atoms with Gasteiger partial charge in [0.25, 0.3) is 5.91 Å². The van der Waals surface area contributed by atoms with Crippen LogP contribution in [0.4, 0.5) is 17.6 Å². The molecule has 1 aliphatic carbocycles. The number of fused-ring (bicyclic) bond motifs is 1. The number of carbonyl (C=O) groups is 2. The molecule has 2 N–H and O–H groups in total. The first-order valence-corrected chi connectivity index (χ1v) is 12.9. The number of aromatic nitrogens is 4. The molecule has 3 aromatic heterocycles. The zero-order valence-corrected chi connectivity index (χ0v) is 22.0. The number of nitrogens with one attached hydrogen (secondary N) is 2. The normalized spacial score (nSPS) is 14.1. The van der Waals surface area contributed by atoms with Crippen molar-refractivity contribution in [2.24, 2.45) is 0 Å². The molecule has 5 aromatic rings. The molecule has 9 nitrogen and oxygen atoms in total. The van der Waals surface area contributed by atoms with E-state index < -0.39 is 29.1 Å². The fourth-order valence-electron chi connectivity index (χ4n) is 4.69. The van der Waals surface area contributed by atoms with Gasteiger partial charge in [0.1, 0.15) is 11.4 Å². The first-order valence-electron chi connectivity index (χ1n) is 12.9. The van der Waals surface area contributed by atoms with E-state index in [1.165, 1.54) is 12.1 Å². The van der Waals surface area contributed by atoms with E-state index in [0.717, 1.165) is 23.0 Å². The van der Waals surface area contributed by atoms with E-state index in [1.807, 2.05) is 28.8 Å². The number of hydrogen-bond acceptors (Lipinski definition) is 6. The van der Waals surface area contributed by atoms with E-state index in [9.17, 15) is 27.2 Å². The lowest BCUT2D eigenvalue weighted by molar-refractivity contribution is -0.137. The van der Waals surface area contributed by atoms with Gasteiger partial charge in [-0.2, -0.15) is 18.2 Å². The molecule has 1 fully saturated rings. The number of halogens is 4. The van der Waals surface area contributed by atoms with Gasteiger partial charge in [0.15, 0.2) is 0 Å². The van der Waals surface area contributed by atoms with Gasteiger partial charge in [0.05, 0.1) is 22.3 Å². The molecule has 1 saturated carbocycles. The minimum absolute atomic E-state index is 0.149. The molecule has 0 spiro atoms. The second-order valence-corrected chi connectivity index (χ2v) is 10.1. The molecule has 0 aliphatic heterocycles. The molecule has 2 amide bonds. The topological polar surface area (TPSA) is 115 Å². The second kappa shape index (κ2) is 10.1. The predicted octanol–water partition coefficient (Wildman–Crippen LogP) is 5.12. The van der Waals surface area contributed by atoms with Gasteiger partial charge in [-0.1, -0.05) is 17.3 Å². The summed E-state index contributed by atoms with van der Waals surface area (Å²) in [6.45, 7) is 1.82. The Balaban J connectivity index is 1.16. The molecule has 0 radical (unpaired) electrons. The van der Waals surface area contributed by atoms with Crippen molar-refractivity contribution in [1.29, 1.82) is 0 Å². The molecule has 0 bridgehead atoms. The quantitative estimate of drug-likeness (QED) is 0.259. The average molecular weight is 579 g/mol. The Kier molecular flexibility index (Phi) is 6.51. The number of rotatable bonds is 7. The number of benzene rings is 2. The molecule has 13 heteroatoms. The number of hydrogen-bond donors (Lipinski definition) is 2. The van der Waals surface area contributed by atoms with Crippen LogP contribution < -0.4 is 10.6 Å². The molecule has 0 saturated heterocycles. The van der Waals surface area contributed by atoms with Gasteiger partial charge in [0.2, 0.25) is 17.6 Å². The summed E-state index contributed by atoms with van der Waals surface area (Å²) in [5.74, 6) is -0.892. The molecule has 0 atom stereocenters. The molecular weight excluding hydrogens is 556 g/mol. The van der Waals surface area contributed by atoms with E-state index in [1.54, 1.807) is 19.1 Å². The first kappa shape index (κ1) is 27.1. The van der Waals surface area contributed by atoms with Gasteiger partial charge >= 0.3 is 6.18 Å². The van der Waals surface area contributed by atoms with E-state index in [0.29, 0.717) is 47.9 Å². The molecular formula is C29H22F4N6O3. The highest BCUT2D eigenvalue weighted by molar-refractivity contribution is 6.00. The molecule has 2 aromatic carbocycles. The van der Waals surface area contributed by atoms with Gasteiger partial charge in [-0.15, -0.1) is 0 Å². The second-order valence-electron chi connectivity index (χ2n) is 10.1. The summed E-state index contributed by atoms with van der Waals surface area (Å²) in [5, 5.41) is 10.0. The molecule has 42 heavy (non-hydrogen) atoms. The maximum Gasteiger partial charge on any atom is 0.417 e. The summed E-state index contributed by atoms with van der Waals surface area (Å²) < 4.78 is 59.9. The van der Waals surface area contributed by atoms with Crippen LogP contribution in [0, 0.1) is 12.7 Å². The average Bonchev–Trinajstić information content (AvgIpc) is 3.46. The largest absolute Gasteiger partial charge is 0.417 e. The lowest BCUT2D eigenvalue weighted by Gasteiger charge is -2.18. The smallest absolute Gasteiger partial charge is 0.350 e. The maximum atomic E-state index is 13.9. The maximum absolute atomic E-state index is 13.9. The van der Waals surface area contributed by atoms with Crippen molar-refractivity contribution in [1.82, 2.24) is 30.3 Å². The number of nitrogens with zero attached hydrogens (tertiary/aromatic N) is 4. The Morgan fingerprint density at radius 3 is 2.48 bits per heavy atom. The van der Waals surface area contributed by atoms with Crippen LogP contribution in [0.25, 0.3) is 28.1 Å². The summed E-state index contributed by atoms with van der Waals surface area (Å²) in [6, 6.07) is 14.2. The van der Waals surface area contributed by atoms with E-state index in [-0.39, 0.29) is 17.9 Å². The minimum atomic E-state index is -4.65. The van der Waals surface area contributed by atoms with Gasteiger partial charge < -0.3 is 19.7 Å². The molecule has 3 heterocycles. The van der Waals surface area contributed by atoms with E-state index >= 15 is 0 Å². The lowest BCUT2D eigenvalue weighted by atomic mass is 10.1. The van der Waals surface area contributed by atoms with Crippen molar-refractivity contribution in [2.45, 2.75) is 38.0 Å². The lowest BCUT2D eigenvalue weighted by Crippen LogP contribution is -2.48. The van der Waals surface area contributed by atoms with Gasteiger partial charge in [-0.05, 0) is 60.9 Å². The molecule has 0 unspecified atom stereocenters. The standard InChI is InChI=1S/C29H22F4N6O3/c1-16-36-25(38-42-16)24-12-18-11-21(30)4-7-23(18)39(24)22-5-2-17(3-6-22)13-35-27(41)28(8-9-28)37-26(40)19-10-20(15-34-14-19)29(31,32)33/h2-7,10-12,14-15H,8-9,13H2,1H3,(H,35,41)(H,37,40). The van der Waals surface area contributed by atoms with Crippen LogP contribution in [0.1, 0.15) is 40.2 Å². The number of aryl methyl sites for hydroxylation is 1. The third kappa shape index (κ3) is 5.20. The summed E-state index contributed by atoms with van der Waals surface area (Å²) in [4.78, 5) is 33.4. The van der Waals surface area contributed by atoms with Crippen molar-refractivity contribution in [3.05, 3.63) is 95.4 Å². The van der Waals surface area contributed by atoms with Gasteiger partial charge in [-0.25, -0.2) is 4.39 Å².